The minimum atomic E-state index is -0.172. The molecular formula is C13H13ClFNS2. The molecule has 1 atom stereocenters. The molecule has 0 aliphatic rings. The molecule has 1 aromatic carbocycles. The van der Waals surface area contributed by atoms with Gasteiger partial charge in [-0.25, -0.2) is 4.39 Å². The first-order valence-corrected chi connectivity index (χ1v) is 7.74. The van der Waals surface area contributed by atoms with E-state index in [0.717, 1.165) is 15.7 Å². The molecule has 0 spiro atoms. The van der Waals surface area contributed by atoms with Crippen LogP contribution in [0.4, 0.5) is 4.39 Å². The van der Waals surface area contributed by atoms with Gasteiger partial charge in [0.05, 0.1) is 11.1 Å². The fourth-order valence-electron chi connectivity index (χ4n) is 1.58. The number of hydrogen-bond donors (Lipinski definition) is 1. The maximum atomic E-state index is 13.5. The number of halogens is 2. The van der Waals surface area contributed by atoms with E-state index in [1.54, 1.807) is 23.5 Å². The Hall–Kier alpha value is -0.550. The highest BCUT2D eigenvalue weighted by molar-refractivity contribution is 7.99. The highest BCUT2D eigenvalue weighted by atomic mass is 35.5. The van der Waals surface area contributed by atoms with Crippen molar-refractivity contribution in [2.24, 2.45) is 0 Å². The quantitative estimate of drug-likeness (QED) is 0.810. The van der Waals surface area contributed by atoms with Gasteiger partial charge in [-0.05, 0) is 30.6 Å². The minimum absolute atomic E-state index is 0.141. The van der Waals surface area contributed by atoms with Crippen molar-refractivity contribution in [1.29, 1.82) is 0 Å². The zero-order valence-corrected chi connectivity index (χ0v) is 12.2. The lowest BCUT2D eigenvalue weighted by molar-refractivity contribution is 0.601. The molecule has 0 radical (unpaired) electrons. The molecule has 0 fully saturated rings. The average molecular weight is 302 g/mol. The number of rotatable bonds is 5. The molecular weight excluding hydrogens is 289 g/mol. The second-order valence-corrected chi connectivity index (χ2v) is 6.13. The summed E-state index contributed by atoms with van der Waals surface area (Å²) < 4.78 is 13.5. The third kappa shape index (κ3) is 3.26. The molecule has 0 amide bonds. The van der Waals surface area contributed by atoms with Crippen molar-refractivity contribution in [3.05, 3.63) is 51.4 Å². The van der Waals surface area contributed by atoms with E-state index in [0.29, 0.717) is 4.90 Å². The first kappa shape index (κ1) is 13.9. The molecule has 0 bridgehead atoms. The second-order valence-electron chi connectivity index (χ2n) is 3.72. The van der Waals surface area contributed by atoms with E-state index in [-0.39, 0.29) is 11.9 Å². The van der Waals surface area contributed by atoms with E-state index in [1.807, 2.05) is 24.6 Å². The predicted octanol–water partition coefficient (Wildman–Crippen LogP) is 4.59. The Morgan fingerprint density at radius 1 is 1.39 bits per heavy atom. The molecule has 1 unspecified atom stereocenters. The van der Waals surface area contributed by atoms with E-state index >= 15 is 0 Å². The molecule has 1 nitrogen and oxygen atoms in total. The molecule has 2 aromatic rings. The Labute approximate surface area is 119 Å². The van der Waals surface area contributed by atoms with E-state index < -0.39 is 0 Å². The van der Waals surface area contributed by atoms with Gasteiger partial charge in [-0.15, -0.1) is 23.1 Å². The fourth-order valence-corrected chi connectivity index (χ4v) is 4.04. The van der Waals surface area contributed by atoms with E-state index in [4.69, 9.17) is 11.6 Å². The predicted molar refractivity (Wildman–Crippen MR) is 78.3 cm³/mol. The summed E-state index contributed by atoms with van der Waals surface area (Å²) in [6, 6.07) is 8.85. The summed E-state index contributed by atoms with van der Waals surface area (Å²) in [5.41, 5.74) is 0. The molecule has 96 valence electrons. The zero-order chi connectivity index (χ0) is 13.0. The van der Waals surface area contributed by atoms with Gasteiger partial charge in [-0.2, -0.15) is 0 Å². The maximum absolute atomic E-state index is 13.5. The van der Waals surface area contributed by atoms with Gasteiger partial charge in [0.15, 0.2) is 0 Å². The number of thiophene rings is 1. The van der Waals surface area contributed by atoms with Crippen LogP contribution in [0.15, 0.2) is 40.6 Å². The maximum Gasteiger partial charge on any atom is 0.136 e. The largest absolute Gasteiger partial charge is 0.312 e. The van der Waals surface area contributed by atoms with Gasteiger partial charge in [0.1, 0.15) is 5.82 Å². The van der Waals surface area contributed by atoms with Crippen LogP contribution in [0.25, 0.3) is 0 Å². The number of benzene rings is 1. The van der Waals surface area contributed by atoms with Crippen LogP contribution >= 0.6 is 34.7 Å². The Morgan fingerprint density at radius 2 is 2.17 bits per heavy atom. The molecule has 1 heterocycles. The van der Waals surface area contributed by atoms with E-state index in [2.05, 4.69) is 5.32 Å². The smallest absolute Gasteiger partial charge is 0.136 e. The molecule has 0 saturated carbocycles. The van der Waals surface area contributed by atoms with Crippen molar-refractivity contribution in [3.8, 4) is 0 Å². The van der Waals surface area contributed by atoms with Gasteiger partial charge in [-0.3, -0.25) is 0 Å². The van der Waals surface area contributed by atoms with Crippen molar-refractivity contribution in [2.75, 3.05) is 12.8 Å². The minimum Gasteiger partial charge on any atom is -0.312 e. The van der Waals surface area contributed by atoms with Crippen LogP contribution in [0, 0.1) is 5.82 Å². The summed E-state index contributed by atoms with van der Waals surface area (Å²) in [6.07, 6.45) is 0. The van der Waals surface area contributed by atoms with Crippen LogP contribution in [0.3, 0.4) is 0 Å². The lowest BCUT2D eigenvalue weighted by Gasteiger charge is -2.15. The fraction of sp³-hybridized carbons (Fsp3) is 0.231. The van der Waals surface area contributed by atoms with Gasteiger partial charge in [0, 0.05) is 15.5 Å². The molecule has 0 aliphatic heterocycles. The SMILES string of the molecule is CNC(CSc1ccccc1F)c1sccc1Cl. The zero-order valence-electron chi connectivity index (χ0n) is 9.82. The van der Waals surface area contributed by atoms with E-state index in [9.17, 15) is 4.39 Å². The topological polar surface area (TPSA) is 12.0 Å². The van der Waals surface area contributed by atoms with Gasteiger partial charge >= 0.3 is 0 Å². The van der Waals surface area contributed by atoms with E-state index in [1.165, 1.54) is 17.8 Å². The third-order valence-corrected chi connectivity index (χ3v) is 5.17. The Bertz CT molecular complexity index is 515. The monoisotopic (exact) mass is 301 g/mol. The van der Waals surface area contributed by atoms with Crippen LogP contribution in [0.2, 0.25) is 5.02 Å². The molecule has 2 rings (SSSR count). The highest BCUT2D eigenvalue weighted by Crippen LogP contribution is 2.33. The molecule has 0 saturated heterocycles. The summed E-state index contributed by atoms with van der Waals surface area (Å²) in [5.74, 6) is 0.576. The standard InChI is InChI=1S/C13H13ClFNS2/c1-16-11(13-9(14)6-7-17-13)8-18-12-5-3-2-4-10(12)15/h2-7,11,16H,8H2,1H3. The number of hydrogen-bond acceptors (Lipinski definition) is 3. The van der Waals surface area contributed by atoms with Crippen LogP contribution in [-0.4, -0.2) is 12.8 Å². The van der Waals surface area contributed by atoms with Crippen molar-refractivity contribution >= 4 is 34.7 Å². The average Bonchev–Trinajstić information content (AvgIpc) is 2.79. The summed E-state index contributed by atoms with van der Waals surface area (Å²) in [7, 11) is 1.89. The molecule has 0 aliphatic carbocycles. The van der Waals surface area contributed by atoms with Gasteiger partial charge < -0.3 is 5.32 Å². The van der Waals surface area contributed by atoms with Crippen molar-refractivity contribution in [2.45, 2.75) is 10.9 Å². The summed E-state index contributed by atoms with van der Waals surface area (Å²) >= 11 is 9.23. The summed E-state index contributed by atoms with van der Waals surface area (Å²) in [6.45, 7) is 0. The van der Waals surface area contributed by atoms with Crippen molar-refractivity contribution in [1.82, 2.24) is 5.32 Å². The Kier molecular flexibility index (Phi) is 5.06. The van der Waals surface area contributed by atoms with Crippen molar-refractivity contribution in [3.63, 3.8) is 0 Å². The lowest BCUT2D eigenvalue weighted by atomic mass is 10.3. The van der Waals surface area contributed by atoms with Gasteiger partial charge in [0.25, 0.3) is 0 Å². The Balaban J connectivity index is 2.05. The summed E-state index contributed by atoms with van der Waals surface area (Å²) in [5, 5.41) is 5.96. The van der Waals surface area contributed by atoms with Crippen LogP contribution in [-0.2, 0) is 0 Å². The molecule has 18 heavy (non-hydrogen) atoms. The Morgan fingerprint density at radius 3 is 2.78 bits per heavy atom. The highest BCUT2D eigenvalue weighted by Gasteiger charge is 2.15. The van der Waals surface area contributed by atoms with Crippen LogP contribution < -0.4 is 5.32 Å². The van der Waals surface area contributed by atoms with Crippen molar-refractivity contribution < 1.29 is 4.39 Å². The number of thioether (sulfide) groups is 1. The first-order chi connectivity index (χ1) is 8.72. The van der Waals surface area contributed by atoms with Crippen LogP contribution in [0.1, 0.15) is 10.9 Å². The molecule has 5 heteroatoms. The summed E-state index contributed by atoms with van der Waals surface area (Å²) in [4.78, 5) is 1.77. The third-order valence-electron chi connectivity index (χ3n) is 2.55. The lowest BCUT2D eigenvalue weighted by Crippen LogP contribution is -2.17. The second kappa shape index (κ2) is 6.57. The number of nitrogens with one attached hydrogen (secondary N) is 1. The molecule has 1 N–H and O–H groups in total. The first-order valence-electron chi connectivity index (χ1n) is 5.50. The molecule has 1 aromatic heterocycles. The van der Waals surface area contributed by atoms with Gasteiger partial charge in [0.2, 0.25) is 0 Å². The normalized spacial score (nSPS) is 12.6. The van der Waals surface area contributed by atoms with Crippen LogP contribution in [0.5, 0.6) is 0 Å². The van der Waals surface area contributed by atoms with Gasteiger partial charge in [-0.1, -0.05) is 23.7 Å².